The van der Waals surface area contributed by atoms with Crippen molar-refractivity contribution in [2.75, 3.05) is 39.9 Å². The Bertz CT molecular complexity index is 1350. The van der Waals surface area contributed by atoms with Crippen molar-refractivity contribution >= 4 is 30.8 Å². The normalized spacial score (nSPS) is 15.8. The molecular weight excluding hydrogens is 540 g/mol. The number of carboxylic acids is 1. The quantitative estimate of drug-likeness (QED) is 0.203. The Morgan fingerprint density at radius 3 is 1.93 bits per heavy atom. The van der Waals surface area contributed by atoms with E-state index in [-0.39, 0.29) is 24.9 Å². The van der Waals surface area contributed by atoms with Crippen LogP contribution in [0.15, 0.2) is 62.2 Å². The highest BCUT2D eigenvalue weighted by atomic mass is 16.4. The molecule has 14 nitrogen and oxygen atoms in total. The van der Waals surface area contributed by atoms with Gasteiger partial charge < -0.3 is 25.5 Å². The molecule has 2 unspecified atom stereocenters. The number of aryl methyl sites for hydroxylation is 2. The van der Waals surface area contributed by atoms with Crippen molar-refractivity contribution in [1.82, 2.24) is 29.6 Å². The molecule has 3 N–H and O–H groups in total. The number of hydrogen-bond donors (Lipinski definition) is 3. The predicted octanol–water partition coefficient (Wildman–Crippen LogP) is -2.28. The van der Waals surface area contributed by atoms with E-state index in [0.717, 1.165) is 0 Å². The number of nitrogens with one attached hydrogen (secondary N) is 2. The smallest absolute Gasteiger partial charge is 0.412 e. The first-order valence-corrected chi connectivity index (χ1v) is 13.9. The van der Waals surface area contributed by atoms with Gasteiger partial charge >= 0.3 is 12.3 Å². The Morgan fingerprint density at radius 1 is 0.881 bits per heavy atom. The van der Waals surface area contributed by atoms with Crippen LogP contribution in [0, 0.1) is 17.8 Å². The molecular formula is C28H42N10O4+4. The summed E-state index contributed by atoms with van der Waals surface area (Å²) in [5.74, 6) is -3.46. The Morgan fingerprint density at radius 2 is 1.48 bits per heavy atom. The molecule has 2 amide bonds. The van der Waals surface area contributed by atoms with Gasteiger partial charge in [0.05, 0.1) is 26.7 Å². The molecule has 0 saturated heterocycles. The molecule has 0 bridgehead atoms. The number of hydrogen-bond acceptors (Lipinski definition) is 5. The number of nitrogens with zero attached hydrogens (tertiary/aromatic N) is 8. The van der Waals surface area contributed by atoms with Crippen molar-refractivity contribution in [2.24, 2.45) is 31.8 Å². The molecule has 4 heterocycles. The SMILES string of the molecule is C=[N+]1C=C[N+](CC(CN2C=CN(C)C2)C(=O)NCC(CNC(=O)C(Cn2cc[n+](C)c2)Cn2cc[n+](C)c2)C(=O)O)=C1. The largest absolute Gasteiger partial charge is 0.481 e. The van der Waals surface area contributed by atoms with Gasteiger partial charge in [-0.15, -0.1) is 9.15 Å². The molecule has 224 valence electrons. The Kier molecular flexibility index (Phi) is 9.89. The molecule has 2 aromatic rings. The standard InChI is InChI=1S/C28H39N10O4/c1-31-5-9-35(19-31)15-24(16-36-10-6-32(2)20-36)26(39)29-13-23(28(41)42)14-30-27(40)25(17-37-11-7-33(3)21-37)18-38-12-8-34(4)22-38/h5-12,19,21-25H,1,13-18,20H2,2-4H3/q+1/p+3. The Balaban J connectivity index is 1.36. The van der Waals surface area contributed by atoms with Crippen LogP contribution >= 0.6 is 0 Å². The molecule has 14 heteroatoms. The van der Waals surface area contributed by atoms with Crippen LogP contribution in [0.2, 0.25) is 0 Å². The van der Waals surface area contributed by atoms with E-state index in [9.17, 15) is 19.5 Å². The van der Waals surface area contributed by atoms with Crippen LogP contribution in [-0.4, -0.2) is 104 Å². The van der Waals surface area contributed by atoms with E-state index >= 15 is 0 Å². The summed E-state index contributed by atoms with van der Waals surface area (Å²) in [5.41, 5.74) is 0. The third kappa shape index (κ3) is 8.62. The van der Waals surface area contributed by atoms with E-state index in [1.54, 1.807) is 17.1 Å². The van der Waals surface area contributed by atoms with Crippen LogP contribution in [0.25, 0.3) is 0 Å². The first-order valence-electron chi connectivity index (χ1n) is 13.9. The van der Waals surface area contributed by atoms with Gasteiger partial charge in [0.1, 0.15) is 56.4 Å². The number of carboxylic acid groups (broad SMARTS) is 1. The lowest BCUT2D eigenvalue weighted by Crippen LogP contribution is -2.46. The summed E-state index contributed by atoms with van der Waals surface area (Å²) in [5, 5.41) is 15.6. The van der Waals surface area contributed by atoms with E-state index in [0.29, 0.717) is 32.8 Å². The minimum atomic E-state index is -1.09. The Hall–Kier alpha value is -4.75. The van der Waals surface area contributed by atoms with E-state index in [2.05, 4.69) is 17.4 Å². The highest BCUT2D eigenvalue weighted by Crippen LogP contribution is 2.11. The van der Waals surface area contributed by atoms with Crippen LogP contribution in [0.5, 0.6) is 0 Å². The maximum atomic E-state index is 13.3. The predicted molar refractivity (Wildman–Crippen MR) is 152 cm³/mol. The molecule has 0 radical (unpaired) electrons. The summed E-state index contributed by atoms with van der Waals surface area (Å²) in [4.78, 5) is 42.8. The van der Waals surface area contributed by atoms with Gasteiger partial charge in [-0.2, -0.15) is 0 Å². The molecule has 4 rings (SSSR count). The third-order valence-electron chi connectivity index (χ3n) is 7.22. The zero-order valence-corrected chi connectivity index (χ0v) is 24.5. The molecule has 2 aromatic heterocycles. The summed E-state index contributed by atoms with van der Waals surface area (Å²) in [6.45, 7) is 6.03. The summed E-state index contributed by atoms with van der Waals surface area (Å²) < 4.78 is 11.2. The fraction of sp³-hybridized carbons (Fsp3) is 0.464. The second-order valence-corrected chi connectivity index (χ2v) is 11.1. The number of rotatable bonds is 15. The van der Waals surface area contributed by atoms with Gasteiger partial charge in [0.2, 0.25) is 36.9 Å². The van der Waals surface area contributed by atoms with Gasteiger partial charge in [0, 0.05) is 39.1 Å². The number of imidazole rings is 2. The topological polar surface area (TPSA) is 126 Å². The summed E-state index contributed by atoms with van der Waals surface area (Å²) in [7, 11) is 5.77. The zero-order valence-electron chi connectivity index (χ0n) is 24.5. The number of aromatic nitrogens is 4. The van der Waals surface area contributed by atoms with Crippen LogP contribution < -0.4 is 19.8 Å². The van der Waals surface area contributed by atoms with Gasteiger partial charge in [-0.05, 0) is 0 Å². The summed E-state index contributed by atoms with van der Waals surface area (Å²) in [6.07, 6.45) is 20.7. The van der Waals surface area contributed by atoms with Gasteiger partial charge in [-0.25, -0.2) is 18.3 Å². The average Bonchev–Trinajstić information content (AvgIpc) is 3.73. The molecule has 42 heavy (non-hydrogen) atoms. The van der Waals surface area contributed by atoms with Crippen LogP contribution in [0.3, 0.4) is 0 Å². The minimum absolute atomic E-state index is 0.104. The van der Waals surface area contributed by atoms with E-state index in [1.165, 1.54) is 0 Å². The van der Waals surface area contributed by atoms with E-state index in [1.807, 2.05) is 110 Å². The lowest BCUT2D eigenvalue weighted by Gasteiger charge is -2.23. The van der Waals surface area contributed by atoms with Crippen molar-refractivity contribution in [1.29, 1.82) is 0 Å². The number of amides is 2. The monoisotopic (exact) mass is 582 g/mol. The first-order chi connectivity index (χ1) is 20.0. The zero-order chi connectivity index (χ0) is 30.2. The third-order valence-corrected chi connectivity index (χ3v) is 7.22. The van der Waals surface area contributed by atoms with Crippen molar-refractivity contribution in [3.63, 3.8) is 0 Å². The Labute approximate surface area is 245 Å². The molecule has 0 saturated carbocycles. The first kappa shape index (κ1) is 30.2. The highest BCUT2D eigenvalue weighted by Gasteiger charge is 2.31. The van der Waals surface area contributed by atoms with E-state index < -0.39 is 23.7 Å². The molecule has 0 aliphatic carbocycles. The van der Waals surface area contributed by atoms with Gasteiger partial charge in [-0.1, -0.05) is 0 Å². The van der Waals surface area contributed by atoms with Crippen LogP contribution in [0.1, 0.15) is 0 Å². The van der Waals surface area contributed by atoms with Crippen molar-refractivity contribution in [2.45, 2.75) is 13.1 Å². The molecule has 2 aliphatic rings. The van der Waals surface area contributed by atoms with Crippen LogP contribution in [0.4, 0.5) is 0 Å². The highest BCUT2D eigenvalue weighted by molar-refractivity contribution is 5.81. The second-order valence-electron chi connectivity index (χ2n) is 11.1. The molecule has 2 aliphatic heterocycles. The molecule has 2 atom stereocenters. The number of aliphatic carboxylic acids is 1. The van der Waals surface area contributed by atoms with Crippen molar-refractivity contribution in [3.8, 4) is 0 Å². The molecule has 0 spiro atoms. The van der Waals surface area contributed by atoms with Gasteiger partial charge in [0.15, 0.2) is 6.54 Å². The fourth-order valence-corrected chi connectivity index (χ4v) is 4.95. The van der Waals surface area contributed by atoms with Gasteiger partial charge in [-0.3, -0.25) is 14.4 Å². The van der Waals surface area contributed by atoms with Crippen molar-refractivity contribution in [3.05, 3.63) is 62.2 Å². The minimum Gasteiger partial charge on any atom is -0.481 e. The number of carbonyl (C=O) groups is 3. The van der Waals surface area contributed by atoms with Crippen LogP contribution in [-0.2, 0) is 41.6 Å². The summed E-state index contributed by atoms with van der Waals surface area (Å²) in [6, 6.07) is 0. The lowest BCUT2D eigenvalue weighted by molar-refractivity contribution is -0.671. The number of carbonyl (C=O) groups excluding carboxylic acids is 2. The molecule has 0 aromatic carbocycles. The second kappa shape index (κ2) is 13.7. The lowest BCUT2D eigenvalue weighted by atomic mass is 10.1. The average molecular weight is 583 g/mol. The molecule has 0 fully saturated rings. The maximum Gasteiger partial charge on any atom is 0.412 e. The maximum absolute atomic E-state index is 13.3. The van der Waals surface area contributed by atoms with Crippen molar-refractivity contribution < 1.29 is 37.8 Å². The van der Waals surface area contributed by atoms with E-state index in [4.69, 9.17) is 0 Å². The fourth-order valence-electron chi connectivity index (χ4n) is 4.95. The summed E-state index contributed by atoms with van der Waals surface area (Å²) >= 11 is 0. The van der Waals surface area contributed by atoms with Gasteiger partial charge in [0.25, 0.3) is 0 Å².